The minimum Gasteiger partial charge on any atom is -0.392 e. The molecule has 0 spiro atoms. The zero-order valence-electron chi connectivity index (χ0n) is 10.3. The van der Waals surface area contributed by atoms with Gasteiger partial charge < -0.3 is 10.0 Å². The lowest BCUT2D eigenvalue weighted by Crippen LogP contribution is -2.33. The molecule has 0 radical (unpaired) electrons. The fourth-order valence-electron chi connectivity index (χ4n) is 2.35. The van der Waals surface area contributed by atoms with E-state index in [0.29, 0.717) is 0 Å². The van der Waals surface area contributed by atoms with Crippen LogP contribution in [-0.2, 0) is 6.61 Å². The van der Waals surface area contributed by atoms with Gasteiger partial charge in [-0.15, -0.1) is 0 Å². The van der Waals surface area contributed by atoms with Crippen LogP contribution in [0.2, 0.25) is 5.02 Å². The smallest absolute Gasteiger partial charge is 0.0702 e. The molecule has 0 aromatic heterocycles. The molecule has 3 heteroatoms. The molecule has 0 bridgehead atoms. The standard InChI is InChI=1S/C14H20ClNO/c1-2-16(9-11-4-3-5-11)14-8-13(15)7-6-12(14)10-17/h6-8,11,17H,2-5,9-10H2,1H3. The average molecular weight is 254 g/mol. The van der Waals surface area contributed by atoms with Gasteiger partial charge in [0, 0.05) is 29.4 Å². The molecule has 1 aromatic carbocycles. The topological polar surface area (TPSA) is 23.5 Å². The number of benzene rings is 1. The Kier molecular flexibility index (Phi) is 4.30. The van der Waals surface area contributed by atoms with Gasteiger partial charge in [-0.2, -0.15) is 0 Å². The fraction of sp³-hybridized carbons (Fsp3) is 0.571. The molecule has 2 rings (SSSR count). The zero-order valence-corrected chi connectivity index (χ0v) is 11.1. The Labute approximate surface area is 108 Å². The third-order valence-corrected chi connectivity index (χ3v) is 3.88. The van der Waals surface area contributed by atoms with E-state index in [1.807, 2.05) is 18.2 Å². The predicted molar refractivity (Wildman–Crippen MR) is 72.6 cm³/mol. The van der Waals surface area contributed by atoms with Crippen molar-refractivity contribution in [3.05, 3.63) is 28.8 Å². The number of anilines is 1. The van der Waals surface area contributed by atoms with Crippen molar-refractivity contribution in [2.75, 3.05) is 18.0 Å². The first-order valence-corrected chi connectivity index (χ1v) is 6.76. The molecule has 1 aromatic rings. The quantitative estimate of drug-likeness (QED) is 0.869. The van der Waals surface area contributed by atoms with E-state index >= 15 is 0 Å². The predicted octanol–water partition coefficient (Wildman–Crippen LogP) is 3.46. The van der Waals surface area contributed by atoms with E-state index in [4.69, 9.17) is 11.6 Å². The van der Waals surface area contributed by atoms with Gasteiger partial charge >= 0.3 is 0 Å². The Balaban J connectivity index is 2.18. The van der Waals surface area contributed by atoms with Gasteiger partial charge in [-0.3, -0.25) is 0 Å². The Morgan fingerprint density at radius 2 is 2.18 bits per heavy atom. The van der Waals surface area contributed by atoms with Gasteiger partial charge in [0.1, 0.15) is 0 Å². The highest BCUT2D eigenvalue weighted by molar-refractivity contribution is 6.30. The molecule has 0 aliphatic heterocycles. The van der Waals surface area contributed by atoms with Crippen LogP contribution >= 0.6 is 11.6 Å². The zero-order chi connectivity index (χ0) is 12.3. The van der Waals surface area contributed by atoms with E-state index in [1.54, 1.807) is 0 Å². The van der Waals surface area contributed by atoms with Gasteiger partial charge in [0.05, 0.1) is 6.61 Å². The summed E-state index contributed by atoms with van der Waals surface area (Å²) >= 11 is 6.05. The van der Waals surface area contributed by atoms with Crippen molar-refractivity contribution in [3.8, 4) is 0 Å². The van der Waals surface area contributed by atoms with Gasteiger partial charge in [0.2, 0.25) is 0 Å². The van der Waals surface area contributed by atoms with Crippen LogP contribution in [0.5, 0.6) is 0 Å². The third kappa shape index (κ3) is 2.93. The van der Waals surface area contributed by atoms with Gasteiger partial charge in [-0.25, -0.2) is 0 Å². The number of halogens is 1. The average Bonchev–Trinajstić information content (AvgIpc) is 2.28. The van der Waals surface area contributed by atoms with E-state index in [-0.39, 0.29) is 6.61 Å². The molecule has 1 saturated carbocycles. The molecule has 17 heavy (non-hydrogen) atoms. The second kappa shape index (κ2) is 5.74. The van der Waals surface area contributed by atoms with Crippen LogP contribution in [0.3, 0.4) is 0 Å². The van der Waals surface area contributed by atoms with E-state index in [2.05, 4.69) is 11.8 Å². The maximum atomic E-state index is 9.39. The second-order valence-corrected chi connectivity index (χ2v) is 5.20. The van der Waals surface area contributed by atoms with Crippen LogP contribution in [0.1, 0.15) is 31.7 Å². The molecular formula is C14H20ClNO. The number of rotatable bonds is 5. The van der Waals surface area contributed by atoms with E-state index in [9.17, 15) is 5.11 Å². The van der Waals surface area contributed by atoms with Crippen LogP contribution in [0.25, 0.3) is 0 Å². The molecule has 1 aliphatic carbocycles. The summed E-state index contributed by atoms with van der Waals surface area (Å²) in [6, 6.07) is 5.73. The molecule has 1 N–H and O–H groups in total. The lowest BCUT2D eigenvalue weighted by molar-refractivity contribution is 0.281. The van der Waals surface area contributed by atoms with E-state index in [1.165, 1.54) is 19.3 Å². The fourth-order valence-corrected chi connectivity index (χ4v) is 2.52. The Morgan fingerprint density at radius 1 is 1.41 bits per heavy atom. The number of aliphatic hydroxyl groups is 1. The summed E-state index contributed by atoms with van der Waals surface area (Å²) in [5.41, 5.74) is 2.06. The van der Waals surface area contributed by atoms with Crippen LogP contribution in [0.4, 0.5) is 5.69 Å². The maximum Gasteiger partial charge on any atom is 0.0702 e. The lowest BCUT2D eigenvalue weighted by atomic mass is 9.85. The number of hydrogen-bond donors (Lipinski definition) is 1. The Bertz CT molecular complexity index is 376. The van der Waals surface area contributed by atoms with Crippen molar-refractivity contribution < 1.29 is 5.11 Å². The monoisotopic (exact) mass is 253 g/mol. The first kappa shape index (κ1) is 12.7. The molecule has 0 amide bonds. The molecule has 2 nitrogen and oxygen atoms in total. The molecule has 0 atom stereocenters. The normalized spacial score (nSPS) is 15.7. The lowest BCUT2D eigenvalue weighted by Gasteiger charge is -2.34. The van der Waals surface area contributed by atoms with Crippen molar-refractivity contribution in [1.29, 1.82) is 0 Å². The summed E-state index contributed by atoms with van der Waals surface area (Å²) in [5, 5.41) is 10.1. The van der Waals surface area contributed by atoms with Crippen LogP contribution in [-0.4, -0.2) is 18.2 Å². The van der Waals surface area contributed by atoms with Crippen LogP contribution in [0, 0.1) is 5.92 Å². The highest BCUT2D eigenvalue weighted by Gasteiger charge is 2.21. The molecular weight excluding hydrogens is 234 g/mol. The summed E-state index contributed by atoms with van der Waals surface area (Å²) in [4.78, 5) is 2.33. The largest absolute Gasteiger partial charge is 0.392 e. The SMILES string of the molecule is CCN(CC1CCC1)c1cc(Cl)ccc1CO. The Hall–Kier alpha value is -0.730. The highest BCUT2D eigenvalue weighted by Crippen LogP contribution is 2.31. The molecule has 0 heterocycles. The van der Waals surface area contributed by atoms with Gasteiger partial charge in [-0.05, 0) is 37.8 Å². The van der Waals surface area contributed by atoms with Crippen molar-refractivity contribution in [3.63, 3.8) is 0 Å². The van der Waals surface area contributed by atoms with Gasteiger partial charge in [-0.1, -0.05) is 24.1 Å². The summed E-state index contributed by atoms with van der Waals surface area (Å²) in [6.45, 7) is 4.28. The van der Waals surface area contributed by atoms with E-state index < -0.39 is 0 Å². The number of aliphatic hydroxyl groups excluding tert-OH is 1. The van der Waals surface area contributed by atoms with E-state index in [0.717, 1.165) is 35.3 Å². The van der Waals surface area contributed by atoms with Crippen molar-refractivity contribution in [1.82, 2.24) is 0 Å². The minimum atomic E-state index is 0.0771. The molecule has 94 valence electrons. The maximum absolute atomic E-state index is 9.39. The summed E-state index contributed by atoms with van der Waals surface area (Å²) in [7, 11) is 0. The molecule has 1 fully saturated rings. The highest BCUT2D eigenvalue weighted by atomic mass is 35.5. The first-order valence-electron chi connectivity index (χ1n) is 6.38. The summed E-state index contributed by atoms with van der Waals surface area (Å²) < 4.78 is 0. The minimum absolute atomic E-state index is 0.0771. The molecule has 0 saturated heterocycles. The van der Waals surface area contributed by atoms with Crippen molar-refractivity contribution in [2.24, 2.45) is 5.92 Å². The van der Waals surface area contributed by atoms with Gasteiger partial charge in [0.15, 0.2) is 0 Å². The van der Waals surface area contributed by atoms with Gasteiger partial charge in [0.25, 0.3) is 0 Å². The second-order valence-electron chi connectivity index (χ2n) is 4.77. The molecule has 0 unspecified atom stereocenters. The number of nitrogens with zero attached hydrogens (tertiary/aromatic N) is 1. The Morgan fingerprint density at radius 3 is 2.71 bits per heavy atom. The summed E-state index contributed by atoms with van der Waals surface area (Å²) in [6.07, 6.45) is 4.04. The number of hydrogen-bond acceptors (Lipinski definition) is 2. The third-order valence-electron chi connectivity index (χ3n) is 3.64. The van der Waals surface area contributed by atoms with Crippen molar-refractivity contribution >= 4 is 17.3 Å². The van der Waals surface area contributed by atoms with Crippen molar-refractivity contribution in [2.45, 2.75) is 32.8 Å². The van der Waals surface area contributed by atoms with Crippen LogP contribution < -0.4 is 4.90 Å². The first-order chi connectivity index (χ1) is 8.24. The van der Waals surface area contributed by atoms with Crippen LogP contribution in [0.15, 0.2) is 18.2 Å². The summed E-state index contributed by atoms with van der Waals surface area (Å²) in [5.74, 6) is 0.820. The molecule has 1 aliphatic rings.